The van der Waals surface area contributed by atoms with Crippen molar-refractivity contribution in [2.24, 2.45) is 5.92 Å². The van der Waals surface area contributed by atoms with Gasteiger partial charge in [0.1, 0.15) is 0 Å². The molecular formula is C12H17N3O2. The maximum Gasteiger partial charge on any atom is 0.308 e. The molecule has 1 saturated carbocycles. The second-order valence-corrected chi connectivity index (χ2v) is 4.59. The predicted octanol–water partition coefficient (Wildman–Crippen LogP) is 1.76. The Hall–Kier alpha value is -1.65. The zero-order valence-corrected chi connectivity index (χ0v) is 10.1. The Labute approximate surface area is 100 Å². The summed E-state index contributed by atoms with van der Waals surface area (Å²) in [6, 6.07) is -0.0467. The number of hydrogen-bond donors (Lipinski definition) is 2. The minimum Gasteiger partial charge on any atom is -0.481 e. The number of carboxylic acid groups (broad SMARTS) is 1. The standard InChI is InChI=1S/C12H17N3O2/c1-7-6-13-12(14-8(7)2)15-10-5-3-4-9(10)11(16)17/h6,9-10H,3-5H2,1-2H3,(H,16,17)(H,13,14,15)/t9-,10+/m0/s1. The molecule has 17 heavy (non-hydrogen) atoms. The van der Waals surface area contributed by atoms with Crippen LogP contribution in [0.1, 0.15) is 30.5 Å². The van der Waals surface area contributed by atoms with Crippen LogP contribution in [0.25, 0.3) is 0 Å². The van der Waals surface area contributed by atoms with Crippen molar-refractivity contribution in [3.05, 3.63) is 17.5 Å². The van der Waals surface area contributed by atoms with Crippen LogP contribution in [-0.2, 0) is 4.79 Å². The van der Waals surface area contributed by atoms with E-state index in [0.717, 1.165) is 30.5 Å². The molecule has 1 heterocycles. The highest BCUT2D eigenvalue weighted by Crippen LogP contribution is 2.27. The maximum atomic E-state index is 11.0. The fourth-order valence-corrected chi connectivity index (χ4v) is 2.19. The van der Waals surface area contributed by atoms with E-state index >= 15 is 0 Å². The smallest absolute Gasteiger partial charge is 0.308 e. The molecule has 1 aromatic rings. The summed E-state index contributed by atoms with van der Waals surface area (Å²) >= 11 is 0. The van der Waals surface area contributed by atoms with Crippen LogP contribution in [0.4, 0.5) is 5.95 Å². The van der Waals surface area contributed by atoms with Crippen LogP contribution in [-0.4, -0.2) is 27.1 Å². The van der Waals surface area contributed by atoms with E-state index in [4.69, 9.17) is 5.11 Å². The minimum absolute atomic E-state index is 0.0467. The van der Waals surface area contributed by atoms with Crippen molar-refractivity contribution in [2.45, 2.75) is 39.2 Å². The number of hydrogen-bond acceptors (Lipinski definition) is 4. The van der Waals surface area contributed by atoms with E-state index in [9.17, 15) is 4.79 Å². The Kier molecular flexibility index (Phi) is 3.26. The second-order valence-electron chi connectivity index (χ2n) is 4.59. The molecule has 2 rings (SSSR count). The van der Waals surface area contributed by atoms with Gasteiger partial charge in [0, 0.05) is 17.9 Å². The van der Waals surface area contributed by atoms with Gasteiger partial charge in [0.2, 0.25) is 5.95 Å². The van der Waals surface area contributed by atoms with Crippen molar-refractivity contribution in [1.29, 1.82) is 0 Å². The Morgan fingerprint density at radius 1 is 1.47 bits per heavy atom. The first-order chi connectivity index (χ1) is 8.08. The molecule has 5 nitrogen and oxygen atoms in total. The number of rotatable bonds is 3. The molecule has 0 aromatic carbocycles. The van der Waals surface area contributed by atoms with Gasteiger partial charge in [0.15, 0.2) is 0 Å². The summed E-state index contributed by atoms with van der Waals surface area (Å²) in [5.74, 6) is -0.518. The van der Waals surface area contributed by atoms with Crippen LogP contribution in [0.2, 0.25) is 0 Å². The molecule has 0 unspecified atom stereocenters. The molecule has 0 radical (unpaired) electrons. The Balaban J connectivity index is 2.09. The Morgan fingerprint density at radius 2 is 2.24 bits per heavy atom. The van der Waals surface area contributed by atoms with Gasteiger partial charge in [-0.3, -0.25) is 4.79 Å². The molecule has 1 aromatic heterocycles. The number of aryl methyl sites for hydroxylation is 2. The molecule has 0 amide bonds. The summed E-state index contributed by atoms with van der Waals surface area (Å²) in [5.41, 5.74) is 1.96. The molecule has 2 N–H and O–H groups in total. The first-order valence-electron chi connectivity index (χ1n) is 5.87. The molecule has 2 atom stereocenters. The van der Waals surface area contributed by atoms with E-state index in [0.29, 0.717) is 5.95 Å². The van der Waals surface area contributed by atoms with Crippen LogP contribution in [0.15, 0.2) is 6.20 Å². The monoisotopic (exact) mass is 235 g/mol. The summed E-state index contributed by atoms with van der Waals surface area (Å²) < 4.78 is 0. The van der Waals surface area contributed by atoms with Gasteiger partial charge in [-0.2, -0.15) is 0 Å². The first-order valence-corrected chi connectivity index (χ1v) is 5.87. The van der Waals surface area contributed by atoms with Crippen LogP contribution in [0.3, 0.4) is 0 Å². The first kappa shape index (κ1) is 11.8. The van der Waals surface area contributed by atoms with Crippen LogP contribution in [0, 0.1) is 19.8 Å². The van der Waals surface area contributed by atoms with Crippen molar-refractivity contribution in [2.75, 3.05) is 5.32 Å². The molecule has 1 aliphatic carbocycles. The minimum atomic E-state index is -0.733. The lowest BCUT2D eigenvalue weighted by Crippen LogP contribution is -2.30. The molecule has 92 valence electrons. The highest BCUT2D eigenvalue weighted by Gasteiger charge is 2.33. The molecule has 5 heteroatoms. The lowest BCUT2D eigenvalue weighted by molar-refractivity contribution is -0.141. The Morgan fingerprint density at radius 3 is 2.88 bits per heavy atom. The number of aromatic nitrogens is 2. The van der Waals surface area contributed by atoms with Gasteiger partial charge in [-0.15, -0.1) is 0 Å². The summed E-state index contributed by atoms with van der Waals surface area (Å²) in [4.78, 5) is 19.5. The summed E-state index contributed by atoms with van der Waals surface area (Å²) in [7, 11) is 0. The van der Waals surface area contributed by atoms with Crippen molar-refractivity contribution in [3.8, 4) is 0 Å². The molecule has 0 bridgehead atoms. The number of aliphatic carboxylic acids is 1. The molecular weight excluding hydrogens is 218 g/mol. The fourth-order valence-electron chi connectivity index (χ4n) is 2.19. The van der Waals surface area contributed by atoms with Gasteiger partial charge in [-0.05, 0) is 32.3 Å². The second kappa shape index (κ2) is 4.69. The number of nitrogens with zero attached hydrogens (tertiary/aromatic N) is 2. The van der Waals surface area contributed by atoms with E-state index in [1.165, 1.54) is 0 Å². The number of carboxylic acids is 1. The Bertz CT molecular complexity index is 434. The third-order valence-electron chi connectivity index (χ3n) is 3.37. The fraction of sp³-hybridized carbons (Fsp3) is 0.583. The van der Waals surface area contributed by atoms with Gasteiger partial charge < -0.3 is 10.4 Å². The average Bonchev–Trinajstić information content (AvgIpc) is 2.72. The lowest BCUT2D eigenvalue weighted by Gasteiger charge is -2.17. The molecule has 0 aliphatic heterocycles. The van der Waals surface area contributed by atoms with Crippen LogP contribution >= 0.6 is 0 Å². The molecule has 0 saturated heterocycles. The van der Waals surface area contributed by atoms with Crippen molar-refractivity contribution < 1.29 is 9.90 Å². The van der Waals surface area contributed by atoms with Crippen molar-refractivity contribution >= 4 is 11.9 Å². The third kappa shape index (κ3) is 2.54. The molecule has 1 aliphatic rings. The molecule has 1 fully saturated rings. The quantitative estimate of drug-likeness (QED) is 0.835. The lowest BCUT2D eigenvalue weighted by atomic mass is 10.0. The highest BCUT2D eigenvalue weighted by atomic mass is 16.4. The topological polar surface area (TPSA) is 75.1 Å². The van der Waals surface area contributed by atoms with Gasteiger partial charge in [-0.25, -0.2) is 9.97 Å². The molecule has 0 spiro atoms. The van der Waals surface area contributed by atoms with Gasteiger partial charge in [-0.1, -0.05) is 6.42 Å². The average molecular weight is 235 g/mol. The van der Waals surface area contributed by atoms with E-state index in [-0.39, 0.29) is 12.0 Å². The summed E-state index contributed by atoms with van der Waals surface area (Å²) in [6.07, 6.45) is 4.31. The third-order valence-corrected chi connectivity index (χ3v) is 3.37. The van der Waals surface area contributed by atoms with Crippen molar-refractivity contribution in [3.63, 3.8) is 0 Å². The van der Waals surface area contributed by atoms with Crippen LogP contribution < -0.4 is 5.32 Å². The van der Waals surface area contributed by atoms with Crippen molar-refractivity contribution in [1.82, 2.24) is 9.97 Å². The predicted molar refractivity (Wildman–Crippen MR) is 63.9 cm³/mol. The largest absolute Gasteiger partial charge is 0.481 e. The van der Waals surface area contributed by atoms with Gasteiger partial charge >= 0.3 is 5.97 Å². The van der Waals surface area contributed by atoms with Gasteiger partial charge in [0.05, 0.1) is 5.92 Å². The zero-order chi connectivity index (χ0) is 12.4. The number of nitrogens with one attached hydrogen (secondary N) is 1. The van der Waals surface area contributed by atoms with Crippen LogP contribution in [0.5, 0.6) is 0 Å². The SMILES string of the molecule is Cc1cnc(N[C@@H]2CCC[C@@H]2C(=O)O)nc1C. The van der Waals surface area contributed by atoms with Gasteiger partial charge in [0.25, 0.3) is 0 Å². The number of carbonyl (C=O) groups is 1. The highest BCUT2D eigenvalue weighted by molar-refractivity contribution is 5.72. The normalized spacial score (nSPS) is 23.6. The zero-order valence-electron chi connectivity index (χ0n) is 10.1. The van der Waals surface area contributed by atoms with E-state index in [1.54, 1.807) is 6.20 Å². The summed E-state index contributed by atoms with van der Waals surface area (Å²) in [5, 5.41) is 12.2. The van der Waals surface area contributed by atoms with E-state index in [2.05, 4.69) is 15.3 Å². The van der Waals surface area contributed by atoms with E-state index < -0.39 is 5.97 Å². The maximum absolute atomic E-state index is 11.0. The number of anilines is 1. The summed E-state index contributed by atoms with van der Waals surface area (Å²) in [6.45, 7) is 3.88. The van der Waals surface area contributed by atoms with E-state index in [1.807, 2.05) is 13.8 Å².